The molecule has 1 N–H and O–H groups in total. The summed E-state index contributed by atoms with van der Waals surface area (Å²) in [5, 5.41) is 11.6. The minimum absolute atomic E-state index is 0.0373. The van der Waals surface area contributed by atoms with Gasteiger partial charge < -0.3 is 15.0 Å². The van der Waals surface area contributed by atoms with E-state index in [-0.39, 0.29) is 30.6 Å². The van der Waals surface area contributed by atoms with Crippen LogP contribution < -0.4 is 5.32 Å². The van der Waals surface area contributed by atoms with Crippen LogP contribution in [-0.2, 0) is 9.53 Å². The van der Waals surface area contributed by atoms with Crippen LogP contribution in [0.5, 0.6) is 0 Å². The molecule has 7 nitrogen and oxygen atoms in total. The second-order valence-electron chi connectivity index (χ2n) is 7.55. The van der Waals surface area contributed by atoms with Crippen LogP contribution in [0.15, 0.2) is 46.9 Å². The van der Waals surface area contributed by atoms with Crippen molar-refractivity contribution in [3.8, 4) is 0 Å². The molecule has 0 radical (unpaired) electrons. The molecule has 0 saturated heterocycles. The number of amides is 3. The minimum atomic E-state index is -0.301. The van der Waals surface area contributed by atoms with E-state index in [1.54, 1.807) is 18.4 Å². The first-order valence-corrected chi connectivity index (χ1v) is 11.4. The summed E-state index contributed by atoms with van der Waals surface area (Å²) in [6, 6.07) is 10.8. The summed E-state index contributed by atoms with van der Waals surface area (Å²) in [7, 11) is 1.56. The maximum Gasteiger partial charge on any atom is 0.318 e. The number of thiophene rings is 1. The highest BCUT2D eigenvalue weighted by Crippen LogP contribution is 2.34. The van der Waals surface area contributed by atoms with Gasteiger partial charge in [0.15, 0.2) is 0 Å². The lowest BCUT2D eigenvalue weighted by Gasteiger charge is -2.27. The summed E-state index contributed by atoms with van der Waals surface area (Å²) in [6.45, 7) is 4.31. The number of hydrogen-bond acceptors (Lipinski definition) is 5. The van der Waals surface area contributed by atoms with Gasteiger partial charge in [0.1, 0.15) is 6.54 Å². The monoisotopic (exact) mass is 462 g/mol. The summed E-state index contributed by atoms with van der Waals surface area (Å²) in [6.07, 6.45) is 0.601. The molecule has 0 fully saturated rings. The largest absolute Gasteiger partial charge is 0.383 e. The lowest BCUT2D eigenvalue weighted by Crippen LogP contribution is -2.48. The molecule has 31 heavy (non-hydrogen) atoms. The third-order valence-electron chi connectivity index (χ3n) is 4.82. The number of methoxy groups -OCH3 is 1. The van der Waals surface area contributed by atoms with Crippen LogP contribution in [-0.4, -0.2) is 60.4 Å². The summed E-state index contributed by atoms with van der Waals surface area (Å²) in [5.41, 5.74) is 1.81. The van der Waals surface area contributed by atoms with Crippen LogP contribution in [0.4, 0.5) is 4.79 Å². The Hall–Kier alpha value is -2.42. The lowest BCUT2D eigenvalue weighted by atomic mass is 10.0. The number of nitrogens with zero attached hydrogens (tertiary/aromatic N) is 3. The molecule has 0 aliphatic carbocycles. The minimum Gasteiger partial charge on any atom is -0.383 e. The van der Waals surface area contributed by atoms with Crippen LogP contribution in [0.1, 0.15) is 36.8 Å². The highest BCUT2D eigenvalue weighted by Gasteiger charge is 2.34. The summed E-state index contributed by atoms with van der Waals surface area (Å²) >= 11 is 7.64. The normalized spacial score (nSPS) is 15.8. The van der Waals surface area contributed by atoms with E-state index in [1.165, 1.54) is 9.91 Å². The molecule has 1 aliphatic rings. The van der Waals surface area contributed by atoms with Gasteiger partial charge in [0.25, 0.3) is 5.91 Å². The van der Waals surface area contributed by atoms with E-state index in [4.69, 9.17) is 16.3 Å². The van der Waals surface area contributed by atoms with E-state index < -0.39 is 0 Å². The second-order valence-corrected chi connectivity index (χ2v) is 8.94. The van der Waals surface area contributed by atoms with E-state index in [0.29, 0.717) is 24.6 Å². The maximum atomic E-state index is 13.3. The molecule has 3 rings (SSSR count). The number of carbonyl (C=O) groups is 2. The van der Waals surface area contributed by atoms with Gasteiger partial charge in [0.05, 0.1) is 23.2 Å². The van der Waals surface area contributed by atoms with Crippen LogP contribution in [0.25, 0.3) is 0 Å². The van der Waals surface area contributed by atoms with Gasteiger partial charge in [-0.2, -0.15) is 5.10 Å². The summed E-state index contributed by atoms with van der Waals surface area (Å²) in [5.74, 6) is -0.249. The van der Waals surface area contributed by atoms with Crippen LogP contribution in [0.3, 0.4) is 0 Å². The Kier molecular flexibility index (Phi) is 8.06. The smallest absolute Gasteiger partial charge is 0.318 e. The molecule has 1 atom stereocenters. The molecule has 166 valence electrons. The van der Waals surface area contributed by atoms with Crippen LogP contribution in [0.2, 0.25) is 5.02 Å². The predicted molar refractivity (Wildman–Crippen MR) is 124 cm³/mol. The quantitative estimate of drug-likeness (QED) is 0.640. The fraction of sp³-hybridized carbons (Fsp3) is 0.409. The van der Waals surface area contributed by atoms with Crippen LogP contribution in [0, 0.1) is 0 Å². The van der Waals surface area contributed by atoms with Gasteiger partial charge >= 0.3 is 6.03 Å². The molecular weight excluding hydrogens is 436 g/mol. The van der Waals surface area contributed by atoms with Gasteiger partial charge in [-0.25, -0.2) is 9.80 Å². The summed E-state index contributed by atoms with van der Waals surface area (Å²) < 4.78 is 5.12. The molecule has 2 heterocycles. The highest BCUT2D eigenvalue weighted by molar-refractivity contribution is 7.12. The number of hydrazone groups is 1. The Morgan fingerprint density at radius 1 is 1.32 bits per heavy atom. The van der Waals surface area contributed by atoms with Gasteiger partial charge in [-0.05, 0) is 43.0 Å². The molecule has 0 spiro atoms. The molecule has 1 aliphatic heterocycles. The Morgan fingerprint density at radius 2 is 2.06 bits per heavy atom. The molecule has 0 saturated carbocycles. The number of benzene rings is 1. The zero-order valence-corrected chi connectivity index (χ0v) is 19.4. The fourth-order valence-electron chi connectivity index (χ4n) is 3.30. The first kappa shape index (κ1) is 23.2. The van der Waals surface area contributed by atoms with Crippen molar-refractivity contribution in [3.63, 3.8) is 0 Å². The number of nitrogens with one attached hydrogen (secondary N) is 1. The Balaban J connectivity index is 1.84. The third kappa shape index (κ3) is 6.06. The van der Waals surface area contributed by atoms with Gasteiger partial charge in [-0.1, -0.05) is 29.8 Å². The summed E-state index contributed by atoms with van der Waals surface area (Å²) in [4.78, 5) is 28.4. The standard InChI is InChI=1S/C22H27ClN4O3S/c1-15(2)24-22(29)26(10-11-30-3)14-21(28)27-19(16-6-8-17(23)9-7-16)13-18(25-27)20-5-4-12-31-20/h4-9,12,15,19H,10-11,13-14H2,1-3H3,(H,24,29)/t19-/m1/s1. The van der Waals surface area contributed by atoms with Crippen molar-refractivity contribution >= 4 is 40.6 Å². The van der Waals surface area contributed by atoms with E-state index in [2.05, 4.69) is 10.4 Å². The molecule has 0 bridgehead atoms. The van der Waals surface area contributed by atoms with E-state index in [9.17, 15) is 9.59 Å². The Morgan fingerprint density at radius 3 is 2.68 bits per heavy atom. The van der Waals surface area contributed by atoms with Gasteiger partial charge in [0.2, 0.25) is 0 Å². The van der Waals surface area contributed by atoms with Gasteiger partial charge in [-0.3, -0.25) is 4.79 Å². The zero-order chi connectivity index (χ0) is 22.4. The zero-order valence-electron chi connectivity index (χ0n) is 17.9. The van der Waals surface area contributed by atoms with Crippen molar-refractivity contribution in [2.45, 2.75) is 32.4 Å². The number of halogens is 1. The first-order valence-electron chi connectivity index (χ1n) is 10.1. The van der Waals surface area contributed by atoms with E-state index >= 15 is 0 Å². The molecule has 3 amide bonds. The number of carbonyl (C=O) groups excluding carboxylic acids is 2. The molecule has 0 unspecified atom stereocenters. The van der Waals surface area contributed by atoms with Crippen molar-refractivity contribution in [1.82, 2.24) is 15.2 Å². The van der Waals surface area contributed by atoms with E-state index in [0.717, 1.165) is 16.2 Å². The molecule has 9 heteroatoms. The Labute approximate surface area is 191 Å². The van der Waals surface area contributed by atoms with Crippen molar-refractivity contribution in [2.75, 3.05) is 26.8 Å². The number of ether oxygens (including phenoxy) is 1. The lowest BCUT2D eigenvalue weighted by molar-refractivity contribution is -0.133. The topological polar surface area (TPSA) is 74.2 Å². The van der Waals surface area contributed by atoms with Gasteiger partial charge in [0, 0.05) is 31.1 Å². The predicted octanol–water partition coefficient (Wildman–Crippen LogP) is 4.15. The molecule has 1 aromatic heterocycles. The number of rotatable bonds is 8. The van der Waals surface area contributed by atoms with Crippen molar-refractivity contribution in [2.24, 2.45) is 5.10 Å². The average molecular weight is 463 g/mol. The third-order valence-corrected chi connectivity index (χ3v) is 5.99. The number of urea groups is 1. The molecular formula is C22H27ClN4O3S. The van der Waals surface area contributed by atoms with Crippen LogP contribution >= 0.6 is 22.9 Å². The van der Waals surface area contributed by atoms with Crippen molar-refractivity contribution < 1.29 is 14.3 Å². The van der Waals surface area contributed by atoms with Gasteiger partial charge in [-0.15, -0.1) is 11.3 Å². The molecule has 2 aromatic rings. The Bertz CT molecular complexity index is 915. The first-order chi connectivity index (χ1) is 14.9. The SMILES string of the molecule is COCCN(CC(=O)N1N=C(c2cccs2)C[C@@H]1c1ccc(Cl)cc1)C(=O)NC(C)C. The van der Waals surface area contributed by atoms with E-state index in [1.807, 2.05) is 55.6 Å². The average Bonchev–Trinajstić information content (AvgIpc) is 3.40. The van der Waals surface area contributed by atoms with Crippen molar-refractivity contribution in [1.29, 1.82) is 0 Å². The fourth-order valence-corrected chi connectivity index (χ4v) is 4.15. The second kappa shape index (κ2) is 10.7. The van der Waals surface area contributed by atoms with Crippen molar-refractivity contribution in [3.05, 3.63) is 57.2 Å². The highest BCUT2D eigenvalue weighted by atomic mass is 35.5. The molecule has 1 aromatic carbocycles. The number of hydrogen-bond donors (Lipinski definition) is 1. The maximum absolute atomic E-state index is 13.3.